The molecule has 11 nitrogen and oxygen atoms in total. The van der Waals surface area contributed by atoms with Gasteiger partial charge in [0.1, 0.15) is 5.82 Å². The second-order valence-corrected chi connectivity index (χ2v) is 11.0. The molecule has 188 valence electrons. The number of nitrogens with one attached hydrogen (secondary N) is 2. The highest BCUT2D eigenvalue weighted by Gasteiger charge is 2.19. The van der Waals surface area contributed by atoms with E-state index in [4.69, 9.17) is 0 Å². The lowest BCUT2D eigenvalue weighted by atomic mass is 10.2. The number of nitrogens with zero attached hydrogens (tertiary/aromatic N) is 7. The molecule has 0 spiro atoms. The Labute approximate surface area is 210 Å². The molecule has 0 bridgehead atoms. The first-order chi connectivity index (χ1) is 17.3. The molecule has 4 aromatic rings. The molecule has 0 amide bonds. The van der Waals surface area contributed by atoms with Crippen LogP contribution >= 0.6 is 0 Å². The molecule has 0 aliphatic carbocycles. The third kappa shape index (κ3) is 5.09. The summed E-state index contributed by atoms with van der Waals surface area (Å²) < 4.78 is 27.0. The minimum absolute atomic E-state index is 0.306. The number of benzene rings is 1. The van der Waals surface area contributed by atoms with Crippen LogP contribution in [0.3, 0.4) is 0 Å². The molecule has 2 N–H and O–H groups in total. The molecule has 0 radical (unpaired) electrons. The standard InChI is InChI=1S/C24H29N9O2S/c1-17-15-32(12-11-25-17)21-8-6-20(7-9-21)29-24-27-13-19-14-28-33(23(19)30-24)16-18-5-4-10-26-22(18)31(2)36(3,34)35/h4-10,13-14,17,25H,11-12,15-16H2,1-3H3,(H,27,29,30). The molecule has 1 aliphatic rings. The molecule has 1 saturated heterocycles. The Balaban J connectivity index is 1.36. The molecular weight excluding hydrogens is 478 g/mol. The zero-order chi connectivity index (χ0) is 25.3. The van der Waals surface area contributed by atoms with Crippen molar-refractivity contribution in [2.45, 2.75) is 19.5 Å². The fourth-order valence-electron chi connectivity index (χ4n) is 4.25. The van der Waals surface area contributed by atoms with Gasteiger partial charge >= 0.3 is 0 Å². The quantitative estimate of drug-likeness (QED) is 0.388. The van der Waals surface area contributed by atoms with Crippen molar-refractivity contribution in [3.05, 3.63) is 60.6 Å². The number of pyridine rings is 1. The van der Waals surface area contributed by atoms with Gasteiger partial charge in [0.15, 0.2) is 5.65 Å². The molecule has 1 aromatic carbocycles. The van der Waals surface area contributed by atoms with Crippen molar-refractivity contribution < 1.29 is 8.42 Å². The number of aromatic nitrogens is 5. The van der Waals surface area contributed by atoms with E-state index in [0.717, 1.165) is 37.0 Å². The normalized spacial score (nSPS) is 16.3. The minimum Gasteiger partial charge on any atom is -0.369 e. The van der Waals surface area contributed by atoms with E-state index < -0.39 is 10.0 Å². The summed E-state index contributed by atoms with van der Waals surface area (Å²) >= 11 is 0. The predicted octanol–water partition coefficient (Wildman–Crippen LogP) is 2.21. The lowest BCUT2D eigenvalue weighted by Crippen LogP contribution is -2.49. The minimum atomic E-state index is -3.45. The van der Waals surface area contributed by atoms with Crippen molar-refractivity contribution in [3.8, 4) is 0 Å². The largest absolute Gasteiger partial charge is 0.369 e. The second kappa shape index (κ2) is 9.70. The molecule has 12 heteroatoms. The third-order valence-corrected chi connectivity index (χ3v) is 7.39. The van der Waals surface area contributed by atoms with Crippen LogP contribution in [0.5, 0.6) is 0 Å². The van der Waals surface area contributed by atoms with E-state index in [2.05, 4.69) is 54.6 Å². The van der Waals surface area contributed by atoms with Crippen molar-refractivity contribution in [3.63, 3.8) is 0 Å². The monoisotopic (exact) mass is 507 g/mol. The van der Waals surface area contributed by atoms with Crippen molar-refractivity contribution >= 4 is 44.2 Å². The highest BCUT2D eigenvalue weighted by atomic mass is 32.2. The Kier molecular flexibility index (Phi) is 6.46. The molecule has 1 aliphatic heterocycles. The average Bonchev–Trinajstić information content (AvgIpc) is 3.26. The van der Waals surface area contributed by atoms with Crippen LogP contribution in [-0.2, 0) is 16.6 Å². The molecule has 5 rings (SSSR count). The van der Waals surface area contributed by atoms with Gasteiger partial charge in [0.25, 0.3) is 0 Å². The van der Waals surface area contributed by atoms with Gasteiger partial charge in [0.2, 0.25) is 16.0 Å². The fraction of sp³-hybridized carbons (Fsp3) is 0.333. The van der Waals surface area contributed by atoms with Gasteiger partial charge in [0, 0.05) is 62.1 Å². The zero-order valence-corrected chi connectivity index (χ0v) is 21.3. The summed E-state index contributed by atoms with van der Waals surface area (Å²) in [4.78, 5) is 15.8. The first-order valence-corrected chi connectivity index (χ1v) is 13.5. The maximum Gasteiger partial charge on any atom is 0.233 e. The smallest absolute Gasteiger partial charge is 0.233 e. The lowest BCUT2D eigenvalue weighted by molar-refractivity contribution is 0.485. The van der Waals surface area contributed by atoms with Gasteiger partial charge < -0.3 is 15.5 Å². The van der Waals surface area contributed by atoms with Crippen LogP contribution in [-0.4, -0.2) is 72.1 Å². The summed E-state index contributed by atoms with van der Waals surface area (Å²) in [5.41, 5.74) is 3.42. The Bertz CT molecular complexity index is 1470. The number of hydrogen-bond donors (Lipinski definition) is 2. The molecule has 3 aromatic heterocycles. The summed E-state index contributed by atoms with van der Waals surface area (Å²) in [7, 11) is -1.97. The number of hydrogen-bond acceptors (Lipinski definition) is 9. The molecular formula is C24H29N9O2S. The third-order valence-electron chi connectivity index (χ3n) is 6.22. The van der Waals surface area contributed by atoms with Crippen molar-refractivity contribution in [2.75, 3.05) is 47.5 Å². The number of rotatable bonds is 7. The van der Waals surface area contributed by atoms with Crippen molar-refractivity contribution in [1.29, 1.82) is 0 Å². The molecule has 36 heavy (non-hydrogen) atoms. The van der Waals surface area contributed by atoms with Gasteiger partial charge in [-0.15, -0.1) is 0 Å². The Morgan fingerprint density at radius 1 is 1.17 bits per heavy atom. The molecule has 1 unspecified atom stereocenters. The first-order valence-electron chi connectivity index (χ1n) is 11.7. The summed E-state index contributed by atoms with van der Waals surface area (Å²) in [6, 6.07) is 12.3. The van der Waals surface area contributed by atoms with Crippen LogP contribution in [0, 0.1) is 0 Å². The summed E-state index contributed by atoms with van der Waals surface area (Å²) in [6.45, 7) is 5.45. The van der Waals surface area contributed by atoms with E-state index in [0.29, 0.717) is 35.6 Å². The van der Waals surface area contributed by atoms with Gasteiger partial charge in [-0.1, -0.05) is 6.07 Å². The Morgan fingerprint density at radius 3 is 2.72 bits per heavy atom. The number of anilines is 4. The maximum absolute atomic E-state index is 12.1. The van der Waals surface area contributed by atoms with Crippen molar-refractivity contribution in [2.24, 2.45) is 0 Å². The zero-order valence-electron chi connectivity index (χ0n) is 20.5. The molecule has 4 heterocycles. The van der Waals surface area contributed by atoms with E-state index >= 15 is 0 Å². The van der Waals surface area contributed by atoms with Crippen LogP contribution in [0.2, 0.25) is 0 Å². The molecule has 1 atom stereocenters. The second-order valence-electron chi connectivity index (χ2n) is 8.96. The van der Waals surface area contributed by atoms with Gasteiger partial charge in [-0.25, -0.2) is 23.1 Å². The van der Waals surface area contributed by atoms with Gasteiger partial charge in [-0.05, 0) is 37.3 Å². The highest BCUT2D eigenvalue weighted by molar-refractivity contribution is 7.92. The van der Waals surface area contributed by atoms with Gasteiger partial charge in [-0.2, -0.15) is 10.1 Å². The van der Waals surface area contributed by atoms with Crippen molar-refractivity contribution in [1.82, 2.24) is 30.0 Å². The fourth-order valence-corrected chi connectivity index (χ4v) is 4.73. The average molecular weight is 508 g/mol. The van der Waals surface area contributed by atoms with Gasteiger partial charge in [0.05, 0.1) is 24.4 Å². The van der Waals surface area contributed by atoms with Crippen LogP contribution in [0.15, 0.2) is 55.0 Å². The Morgan fingerprint density at radius 2 is 1.97 bits per heavy atom. The van der Waals surface area contributed by atoms with Crippen LogP contribution in [0.4, 0.5) is 23.1 Å². The topological polar surface area (TPSA) is 121 Å². The van der Waals surface area contributed by atoms with E-state index in [-0.39, 0.29) is 0 Å². The van der Waals surface area contributed by atoms with Crippen LogP contribution < -0.4 is 19.8 Å². The first kappa shape index (κ1) is 23.9. The summed E-state index contributed by atoms with van der Waals surface area (Å²) in [5, 5.41) is 12.0. The van der Waals surface area contributed by atoms with Gasteiger partial charge in [-0.3, -0.25) is 4.31 Å². The van der Waals surface area contributed by atoms with Crippen LogP contribution in [0.1, 0.15) is 12.5 Å². The SMILES string of the molecule is CC1CN(c2ccc(Nc3ncc4cnn(Cc5cccnc5N(C)S(C)(=O)=O)c4n3)cc2)CCN1. The number of sulfonamides is 1. The van der Waals surface area contributed by atoms with Crippen LogP contribution in [0.25, 0.3) is 11.0 Å². The molecule has 1 fully saturated rings. The van der Waals surface area contributed by atoms with E-state index in [1.165, 1.54) is 17.0 Å². The van der Waals surface area contributed by atoms with E-state index in [9.17, 15) is 8.42 Å². The molecule has 0 saturated carbocycles. The lowest BCUT2D eigenvalue weighted by Gasteiger charge is -2.33. The number of piperazine rings is 1. The number of fused-ring (bicyclic) bond motifs is 1. The maximum atomic E-state index is 12.1. The Hall–Kier alpha value is -3.77. The van der Waals surface area contributed by atoms with E-state index in [1.54, 1.807) is 29.3 Å². The van der Waals surface area contributed by atoms with E-state index in [1.807, 2.05) is 18.2 Å². The summed E-state index contributed by atoms with van der Waals surface area (Å²) in [5.74, 6) is 0.808. The summed E-state index contributed by atoms with van der Waals surface area (Å²) in [6.07, 6.45) is 6.13. The predicted molar refractivity (Wildman–Crippen MR) is 141 cm³/mol. The highest BCUT2D eigenvalue weighted by Crippen LogP contribution is 2.23.